The topological polar surface area (TPSA) is 37.4 Å². The Balaban J connectivity index is 2.75. The van der Waals surface area contributed by atoms with Crippen LogP contribution in [0, 0.1) is 10.8 Å². The fraction of sp³-hybridized carbons (Fsp3) is 0.760. The van der Waals surface area contributed by atoms with Crippen molar-refractivity contribution in [3.63, 3.8) is 0 Å². The summed E-state index contributed by atoms with van der Waals surface area (Å²) in [6.07, 6.45) is -8.83. The molecular weight excluding hydrogens is 745 g/mol. The number of alkyl halides is 21. The molecule has 1 saturated heterocycles. The van der Waals surface area contributed by atoms with Crippen LogP contribution < -0.4 is 0 Å². The minimum atomic E-state index is -9.27. The number of allylic oxidation sites excluding steroid dienone is 2. The predicted molar refractivity (Wildman–Crippen MR) is 120 cm³/mol. The predicted octanol–water partition coefficient (Wildman–Crippen LogP) is 8.99. The van der Waals surface area contributed by atoms with Crippen LogP contribution in [0.25, 0.3) is 0 Å². The first-order chi connectivity index (χ1) is 21.1. The van der Waals surface area contributed by atoms with Gasteiger partial charge in [0.2, 0.25) is 5.91 Å². The number of ketones is 1. The Hall–Kier alpha value is -2.85. The zero-order chi connectivity index (χ0) is 39.5. The lowest BCUT2D eigenvalue weighted by Crippen LogP contribution is -2.77. The third kappa shape index (κ3) is 5.28. The number of carbonyl (C=O) groups is 2. The highest BCUT2D eigenvalue weighted by Gasteiger charge is 2.98. The third-order valence-corrected chi connectivity index (χ3v) is 8.22. The van der Waals surface area contributed by atoms with Crippen LogP contribution in [-0.4, -0.2) is 88.2 Å². The summed E-state index contributed by atoms with van der Waals surface area (Å²) < 4.78 is 291. The lowest BCUT2D eigenvalue weighted by molar-refractivity contribution is -0.474. The van der Waals surface area contributed by atoms with Crippen molar-refractivity contribution in [3.8, 4) is 0 Å². The molecule has 0 aromatic carbocycles. The summed E-state index contributed by atoms with van der Waals surface area (Å²) in [5.41, 5.74) is -7.10. The Morgan fingerprint density at radius 2 is 0.857 bits per heavy atom. The van der Waals surface area contributed by atoms with E-state index < -0.39 is 101 Å². The van der Waals surface area contributed by atoms with E-state index in [-0.39, 0.29) is 0 Å². The van der Waals surface area contributed by atoms with Crippen molar-refractivity contribution >= 4 is 11.7 Å². The lowest BCUT2D eigenvalue weighted by atomic mass is 9.61. The van der Waals surface area contributed by atoms with Gasteiger partial charge in [0.05, 0.1) is 5.41 Å². The Labute approximate surface area is 260 Å². The molecule has 2 rings (SSSR count). The molecule has 0 aromatic rings. The number of hydrogen-bond acceptors (Lipinski definition) is 2. The van der Waals surface area contributed by atoms with E-state index in [9.17, 15) is 93.0 Å². The van der Waals surface area contributed by atoms with Crippen molar-refractivity contribution in [1.29, 1.82) is 0 Å². The van der Waals surface area contributed by atoms with Crippen LogP contribution in [0.15, 0.2) is 24.3 Å². The van der Waals surface area contributed by atoms with E-state index in [0.29, 0.717) is 36.1 Å². The Kier molecular flexibility index (Phi) is 9.35. The number of halogens is 21. The molecule has 24 heteroatoms. The summed E-state index contributed by atoms with van der Waals surface area (Å²) in [5.74, 6) is -80.8. The minimum absolute atomic E-state index is 0.318. The first kappa shape index (κ1) is 42.3. The van der Waals surface area contributed by atoms with Crippen molar-refractivity contribution in [2.24, 2.45) is 10.8 Å². The Morgan fingerprint density at radius 3 is 1.16 bits per heavy atom. The number of hydrogen-bond donors (Lipinski definition) is 0. The van der Waals surface area contributed by atoms with Crippen molar-refractivity contribution in [2.45, 2.75) is 99.1 Å². The van der Waals surface area contributed by atoms with Gasteiger partial charge in [-0.15, -0.1) is 0 Å². The van der Waals surface area contributed by atoms with Crippen molar-refractivity contribution < 1.29 is 102 Å². The first-order valence-corrected chi connectivity index (χ1v) is 12.8. The molecule has 284 valence electrons. The molecule has 1 amide bonds. The monoisotopic (exact) mass is 765 g/mol. The summed E-state index contributed by atoms with van der Waals surface area (Å²) in [6, 6.07) is 0. The Morgan fingerprint density at radius 1 is 0.551 bits per heavy atom. The summed E-state index contributed by atoms with van der Waals surface area (Å²) >= 11 is 0. The fourth-order valence-corrected chi connectivity index (χ4v) is 4.98. The van der Waals surface area contributed by atoms with E-state index in [1.807, 2.05) is 0 Å². The number of nitrogens with zero attached hydrogens (tertiary/aromatic N) is 1. The average Bonchev–Trinajstić information content (AvgIpc) is 3.10. The molecular formula is C25H20F21NO2. The van der Waals surface area contributed by atoms with E-state index in [1.54, 1.807) is 0 Å². The number of rotatable bonds is 10. The van der Waals surface area contributed by atoms with E-state index in [1.165, 1.54) is 20.8 Å². The Bertz CT molecular complexity index is 1390. The van der Waals surface area contributed by atoms with Gasteiger partial charge in [-0.05, 0) is 39.8 Å². The summed E-state index contributed by atoms with van der Waals surface area (Å²) in [5, 5.41) is 0. The second-order valence-electron chi connectivity index (χ2n) is 12.5. The van der Waals surface area contributed by atoms with Crippen LogP contribution in [0.1, 0.15) is 34.1 Å². The molecule has 1 aliphatic heterocycles. The SMILES string of the molecule is CC(C)(C)N1CC2(C=CC(=O)C=C2)C(C)(CC(F)(F)C(F)(F)C(F)(F)C(F)(F)C(F)(F)C(F)(F)C(F)(F)C(F)(F)C(F)(F)C(F)(F)F)C1=O. The van der Waals surface area contributed by atoms with Gasteiger partial charge in [-0.1, -0.05) is 12.2 Å². The number of amides is 1. The van der Waals surface area contributed by atoms with Gasteiger partial charge in [-0.3, -0.25) is 9.59 Å². The highest BCUT2D eigenvalue weighted by Crippen LogP contribution is 2.67. The lowest BCUT2D eigenvalue weighted by Gasteiger charge is -2.46. The molecule has 1 spiro atoms. The van der Waals surface area contributed by atoms with Crippen LogP contribution in [0.4, 0.5) is 92.2 Å². The van der Waals surface area contributed by atoms with Gasteiger partial charge in [0.25, 0.3) is 0 Å². The van der Waals surface area contributed by atoms with Crippen molar-refractivity contribution in [2.75, 3.05) is 6.54 Å². The van der Waals surface area contributed by atoms with Crippen molar-refractivity contribution in [3.05, 3.63) is 24.3 Å². The van der Waals surface area contributed by atoms with Crippen LogP contribution in [0.3, 0.4) is 0 Å². The van der Waals surface area contributed by atoms with Crippen LogP contribution in [0.2, 0.25) is 0 Å². The van der Waals surface area contributed by atoms with Crippen LogP contribution in [0.5, 0.6) is 0 Å². The summed E-state index contributed by atoms with van der Waals surface area (Å²) in [6.45, 7) is 3.06. The highest BCUT2D eigenvalue weighted by atomic mass is 19.4. The quantitative estimate of drug-likeness (QED) is 0.209. The average molecular weight is 765 g/mol. The smallest absolute Gasteiger partial charge is 0.336 e. The van der Waals surface area contributed by atoms with E-state index in [4.69, 9.17) is 0 Å². The fourth-order valence-electron chi connectivity index (χ4n) is 4.98. The molecule has 2 aliphatic rings. The molecule has 0 radical (unpaired) electrons. The molecule has 49 heavy (non-hydrogen) atoms. The maximum absolute atomic E-state index is 15.2. The second-order valence-corrected chi connectivity index (χ2v) is 12.5. The van der Waals surface area contributed by atoms with E-state index >= 15 is 8.78 Å². The van der Waals surface area contributed by atoms with Crippen LogP contribution in [-0.2, 0) is 9.59 Å². The zero-order valence-corrected chi connectivity index (χ0v) is 24.4. The molecule has 0 bridgehead atoms. The van der Waals surface area contributed by atoms with Gasteiger partial charge in [0.15, 0.2) is 5.78 Å². The maximum Gasteiger partial charge on any atom is 0.460 e. The van der Waals surface area contributed by atoms with E-state index in [0.717, 1.165) is 0 Å². The molecule has 1 unspecified atom stereocenters. The molecule has 0 N–H and O–H groups in total. The number of likely N-dealkylation sites (tertiary alicyclic amines) is 1. The molecule has 3 nitrogen and oxygen atoms in total. The molecule has 1 fully saturated rings. The largest absolute Gasteiger partial charge is 0.460 e. The summed E-state index contributed by atoms with van der Waals surface area (Å²) in [4.78, 5) is 25.5. The molecule has 1 heterocycles. The first-order valence-electron chi connectivity index (χ1n) is 12.8. The van der Waals surface area contributed by atoms with Gasteiger partial charge in [0, 0.05) is 23.9 Å². The summed E-state index contributed by atoms with van der Waals surface area (Å²) in [7, 11) is 0. The normalized spacial score (nSPS) is 22.5. The van der Waals surface area contributed by atoms with Crippen molar-refractivity contribution in [1.82, 2.24) is 4.90 Å². The molecule has 1 atom stereocenters. The highest BCUT2D eigenvalue weighted by molar-refractivity contribution is 6.01. The van der Waals surface area contributed by atoms with Gasteiger partial charge < -0.3 is 4.90 Å². The molecule has 1 aliphatic carbocycles. The van der Waals surface area contributed by atoms with Gasteiger partial charge in [-0.2, -0.15) is 92.2 Å². The third-order valence-electron chi connectivity index (χ3n) is 8.22. The van der Waals surface area contributed by atoms with Gasteiger partial charge in [0.1, 0.15) is 0 Å². The van der Waals surface area contributed by atoms with E-state index in [2.05, 4.69) is 0 Å². The van der Waals surface area contributed by atoms with Gasteiger partial charge in [-0.25, -0.2) is 0 Å². The van der Waals surface area contributed by atoms with Gasteiger partial charge >= 0.3 is 59.5 Å². The number of carbonyl (C=O) groups excluding carboxylic acids is 2. The zero-order valence-electron chi connectivity index (χ0n) is 24.4. The standard InChI is InChI=1S/C25H20F21NO2/c1-13(2,3)47-10-15(7-5-11(48)6-8-15)14(4,12(47)49)9-16(26,27)17(28,29)18(30,31)19(32,33)20(34,35)21(36,37)22(38,39)23(40,41)24(42,43)25(44,45)46/h5-8H,9-10H2,1-4H3. The second kappa shape index (κ2) is 10.8. The molecule has 0 saturated carbocycles. The maximum atomic E-state index is 15.2. The molecule has 0 aromatic heterocycles. The van der Waals surface area contributed by atoms with Crippen LogP contribution >= 0.6 is 0 Å². The minimum Gasteiger partial charge on any atom is -0.336 e.